The Labute approximate surface area is 119 Å². The lowest BCUT2D eigenvalue weighted by Gasteiger charge is -2.36. The first-order valence-electron chi connectivity index (χ1n) is 7.50. The Morgan fingerprint density at radius 2 is 1.85 bits per heavy atom. The van der Waals surface area contributed by atoms with Gasteiger partial charge in [0.15, 0.2) is 0 Å². The summed E-state index contributed by atoms with van der Waals surface area (Å²) in [6.07, 6.45) is 9.54. The minimum absolute atomic E-state index is 0.297. The summed E-state index contributed by atoms with van der Waals surface area (Å²) in [7, 11) is 0. The van der Waals surface area contributed by atoms with E-state index in [4.69, 9.17) is 19.9 Å². The molecule has 5 atom stereocenters. The third-order valence-electron chi connectivity index (χ3n) is 4.48. The minimum atomic E-state index is -0.297. The fourth-order valence-corrected chi connectivity index (χ4v) is 2.91. The lowest BCUT2D eigenvalue weighted by atomic mass is 9.75. The lowest BCUT2D eigenvalue weighted by Crippen LogP contribution is -2.48. The zero-order valence-corrected chi connectivity index (χ0v) is 11.6. The van der Waals surface area contributed by atoms with Gasteiger partial charge in [-0.15, -0.1) is 0 Å². The third-order valence-corrected chi connectivity index (χ3v) is 4.48. The fourth-order valence-electron chi connectivity index (χ4n) is 2.91. The molecule has 0 bridgehead atoms. The maximum atomic E-state index is 6.63. The third kappa shape index (κ3) is 3.06. The van der Waals surface area contributed by atoms with Crippen LogP contribution in [-0.2, 0) is 14.2 Å². The van der Waals surface area contributed by atoms with Gasteiger partial charge >= 0.3 is 0 Å². The summed E-state index contributed by atoms with van der Waals surface area (Å²) in [5.41, 5.74) is 7.49. The molecule has 0 radical (unpaired) electrons. The second-order valence-electron chi connectivity index (χ2n) is 6.36. The topological polar surface area (TPSA) is 75.6 Å². The van der Waals surface area contributed by atoms with Crippen LogP contribution in [-0.4, -0.2) is 50.2 Å². The summed E-state index contributed by atoms with van der Waals surface area (Å²) >= 11 is 0. The van der Waals surface area contributed by atoms with Crippen molar-refractivity contribution in [2.24, 2.45) is 11.7 Å². The number of allylic oxidation sites excluding steroid dienone is 1. The van der Waals surface area contributed by atoms with E-state index in [9.17, 15) is 0 Å². The van der Waals surface area contributed by atoms with E-state index in [1.807, 2.05) is 0 Å². The van der Waals surface area contributed by atoms with Crippen molar-refractivity contribution in [2.75, 3.05) is 26.4 Å². The zero-order valence-electron chi connectivity index (χ0n) is 11.6. The molecule has 110 valence electrons. The van der Waals surface area contributed by atoms with Crippen LogP contribution in [0.25, 0.3) is 0 Å². The molecule has 5 unspecified atom stereocenters. The fraction of sp³-hybridized carbons (Fsp3) is 0.733. The highest BCUT2D eigenvalue weighted by Crippen LogP contribution is 2.37. The van der Waals surface area contributed by atoms with Gasteiger partial charge in [0.05, 0.1) is 38.1 Å². The molecule has 0 spiro atoms. The molecule has 5 nitrogen and oxygen atoms in total. The van der Waals surface area contributed by atoms with E-state index in [-0.39, 0.29) is 5.54 Å². The molecule has 3 fully saturated rings. The van der Waals surface area contributed by atoms with Gasteiger partial charge in [-0.05, 0) is 18.9 Å². The Bertz CT molecular complexity index is 438. The number of nitrogens with one attached hydrogen (secondary N) is 1. The van der Waals surface area contributed by atoms with E-state index in [1.165, 1.54) is 0 Å². The van der Waals surface area contributed by atoms with Crippen LogP contribution in [0, 0.1) is 5.92 Å². The van der Waals surface area contributed by atoms with Gasteiger partial charge < -0.3 is 25.3 Å². The molecule has 0 aromatic carbocycles. The Morgan fingerprint density at radius 3 is 2.50 bits per heavy atom. The summed E-state index contributed by atoms with van der Waals surface area (Å²) in [4.78, 5) is 0. The number of hydrogen-bond donors (Lipinski definition) is 2. The average Bonchev–Trinajstić information content (AvgIpc) is 3.20. The van der Waals surface area contributed by atoms with E-state index >= 15 is 0 Å². The van der Waals surface area contributed by atoms with E-state index in [0.29, 0.717) is 24.2 Å². The van der Waals surface area contributed by atoms with Gasteiger partial charge in [0.25, 0.3) is 0 Å². The van der Waals surface area contributed by atoms with Gasteiger partial charge in [-0.2, -0.15) is 0 Å². The Kier molecular flexibility index (Phi) is 3.11. The number of nitrogens with two attached hydrogens (primary N) is 1. The van der Waals surface area contributed by atoms with Crippen molar-refractivity contribution in [3.8, 4) is 0 Å². The standard InChI is InChI=1S/C15H22N2O3/c16-15(5-13-8-19-13)2-1-11(17-6-14-9-20-14)3-10(15)4-12-7-18-12/h1-3,10,12-14,17H,4-9,16H2. The SMILES string of the molecule is NC1(CC2CO2)C=CC(NCC2CO2)=CC1CC1CO1. The van der Waals surface area contributed by atoms with Crippen LogP contribution in [0.3, 0.4) is 0 Å². The van der Waals surface area contributed by atoms with Gasteiger partial charge in [0, 0.05) is 23.7 Å². The Hall–Kier alpha value is -0.880. The Morgan fingerprint density at radius 1 is 1.15 bits per heavy atom. The monoisotopic (exact) mass is 278 g/mol. The largest absolute Gasteiger partial charge is 0.383 e. The quantitative estimate of drug-likeness (QED) is 0.656. The van der Waals surface area contributed by atoms with Crippen LogP contribution in [0.2, 0.25) is 0 Å². The number of rotatable bonds is 7. The number of ether oxygens (including phenoxy) is 3. The second-order valence-corrected chi connectivity index (χ2v) is 6.36. The molecule has 0 aromatic rings. The zero-order chi connectivity index (χ0) is 13.6. The highest BCUT2D eigenvalue weighted by molar-refractivity contribution is 5.31. The van der Waals surface area contributed by atoms with Crippen LogP contribution < -0.4 is 11.1 Å². The summed E-state index contributed by atoms with van der Waals surface area (Å²) < 4.78 is 16.0. The smallest absolute Gasteiger partial charge is 0.0981 e. The molecule has 5 heteroatoms. The van der Waals surface area contributed by atoms with Crippen LogP contribution in [0.15, 0.2) is 23.9 Å². The van der Waals surface area contributed by atoms with Crippen molar-refractivity contribution in [1.29, 1.82) is 0 Å². The predicted molar refractivity (Wildman–Crippen MR) is 74.1 cm³/mol. The number of epoxide rings is 3. The molecule has 4 aliphatic rings. The van der Waals surface area contributed by atoms with Crippen molar-refractivity contribution in [3.63, 3.8) is 0 Å². The Balaban J connectivity index is 1.44. The van der Waals surface area contributed by atoms with Gasteiger partial charge in [-0.3, -0.25) is 0 Å². The molecular formula is C15H22N2O3. The molecule has 4 rings (SSSR count). The number of hydrogen-bond acceptors (Lipinski definition) is 5. The first-order valence-corrected chi connectivity index (χ1v) is 7.50. The molecular weight excluding hydrogens is 256 g/mol. The summed E-state index contributed by atoms with van der Waals surface area (Å²) in [5.74, 6) is 0.312. The van der Waals surface area contributed by atoms with Crippen molar-refractivity contribution in [2.45, 2.75) is 36.7 Å². The predicted octanol–water partition coefficient (Wildman–Crippen LogP) is 0.320. The van der Waals surface area contributed by atoms with Crippen molar-refractivity contribution < 1.29 is 14.2 Å². The van der Waals surface area contributed by atoms with E-state index in [1.54, 1.807) is 0 Å². The van der Waals surface area contributed by atoms with Crippen LogP contribution in [0.1, 0.15) is 12.8 Å². The molecule has 20 heavy (non-hydrogen) atoms. The van der Waals surface area contributed by atoms with Crippen molar-refractivity contribution in [3.05, 3.63) is 23.9 Å². The van der Waals surface area contributed by atoms with Crippen LogP contribution in [0.4, 0.5) is 0 Å². The lowest BCUT2D eigenvalue weighted by molar-refractivity contribution is 0.272. The van der Waals surface area contributed by atoms with Gasteiger partial charge in [-0.25, -0.2) is 0 Å². The maximum absolute atomic E-state index is 6.63. The van der Waals surface area contributed by atoms with Gasteiger partial charge in [0.2, 0.25) is 0 Å². The molecule has 0 amide bonds. The highest BCUT2D eigenvalue weighted by Gasteiger charge is 2.42. The maximum Gasteiger partial charge on any atom is 0.0981 e. The van der Waals surface area contributed by atoms with Crippen LogP contribution >= 0.6 is 0 Å². The van der Waals surface area contributed by atoms with Gasteiger partial charge in [0.1, 0.15) is 0 Å². The average molecular weight is 278 g/mol. The van der Waals surface area contributed by atoms with Crippen LogP contribution in [0.5, 0.6) is 0 Å². The summed E-state index contributed by atoms with van der Waals surface area (Å²) in [6.45, 7) is 3.49. The second kappa shape index (κ2) is 4.84. The summed E-state index contributed by atoms with van der Waals surface area (Å²) in [5, 5.41) is 3.44. The first kappa shape index (κ1) is 12.8. The highest BCUT2D eigenvalue weighted by atomic mass is 16.6. The molecule has 3 saturated heterocycles. The van der Waals surface area contributed by atoms with E-state index in [0.717, 1.165) is 44.9 Å². The minimum Gasteiger partial charge on any atom is -0.383 e. The first-order chi connectivity index (χ1) is 9.71. The molecule has 1 aliphatic carbocycles. The molecule has 0 saturated carbocycles. The molecule has 0 aromatic heterocycles. The normalized spacial score (nSPS) is 45.0. The van der Waals surface area contributed by atoms with E-state index < -0.39 is 0 Å². The van der Waals surface area contributed by atoms with Gasteiger partial charge in [-0.1, -0.05) is 12.2 Å². The van der Waals surface area contributed by atoms with Crippen molar-refractivity contribution in [1.82, 2.24) is 5.32 Å². The van der Waals surface area contributed by atoms with Crippen molar-refractivity contribution >= 4 is 0 Å². The van der Waals surface area contributed by atoms with E-state index in [2.05, 4.69) is 23.5 Å². The summed E-state index contributed by atoms with van der Waals surface area (Å²) in [6, 6.07) is 0. The molecule has 3 aliphatic heterocycles. The molecule has 3 heterocycles. The molecule has 3 N–H and O–H groups in total.